The summed E-state index contributed by atoms with van der Waals surface area (Å²) >= 11 is 0. The van der Waals surface area contributed by atoms with Gasteiger partial charge in [0.15, 0.2) is 0 Å². The van der Waals surface area contributed by atoms with Gasteiger partial charge in [0.1, 0.15) is 5.78 Å². The van der Waals surface area contributed by atoms with Crippen molar-refractivity contribution < 1.29 is 37.5 Å². The molecule has 0 aromatic rings. The van der Waals surface area contributed by atoms with Crippen molar-refractivity contribution in [2.45, 2.75) is 33.1 Å². The van der Waals surface area contributed by atoms with Crippen molar-refractivity contribution in [2.24, 2.45) is 0 Å². The Kier molecular flexibility index (Phi) is 12.1. The number of hydrogen-bond donors (Lipinski definition) is 0. The van der Waals surface area contributed by atoms with Crippen molar-refractivity contribution in [1.29, 1.82) is 0 Å². The van der Waals surface area contributed by atoms with Crippen LogP contribution in [0.1, 0.15) is 33.1 Å². The molecule has 9 heavy (non-hydrogen) atoms. The van der Waals surface area contributed by atoms with E-state index in [4.69, 9.17) is 0 Å². The van der Waals surface area contributed by atoms with Crippen LogP contribution in [-0.2, 0) is 37.5 Å². The van der Waals surface area contributed by atoms with Crippen molar-refractivity contribution in [3.63, 3.8) is 0 Å². The van der Waals surface area contributed by atoms with Gasteiger partial charge < -0.3 is 11.2 Å². The first-order chi connectivity index (χ1) is 3.77. The summed E-state index contributed by atoms with van der Waals surface area (Å²) in [5.41, 5.74) is 0. The Hall–Kier alpha value is 0.774. The van der Waals surface area contributed by atoms with E-state index >= 15 is 0 Å². The Bertz CT molecular complexity index is 71.3. The zero-order chi connectivity index (χ0) is 6.41. The Labute approximate surface area is 82.5 Å². The van der Waals surface area contributed by atoms with Crippen molar-refractivity contribution in [3.8, 4) is 0 Å². The first kappa shape index (κ1) is 12.5. The molecule has 0 bridgehead atoms. The van der Waals surface area contributed by atoms with Gasteiger partial charge >= 0.3 is 0 Å². The summed E-state index contributed by atoms with van der Waals surface area (Å²) in [5, 5.41) is 0. The van der Waals surface area contributed by atoms with Crippen molar-refractivity contribution >= 4 is 5.78 Å². The third-order valence-electron chi connectivity index (χ3n) is 0.925. The fourth-order valence-corrected chi connectivity index (χ4v) is 0.509. The van der Waals surface area contributed by atoms with Crippen LogP contribution in [-0.4, -0.2) is 5.78 Å². The first-order valence-corrected chi connectivity index (χ1v) is 3.08. The van der Waals surface area contributed by atoms with E-state index in [1.54, 1.807) is 6.92 Å². The molecular formula is C7H13OY-. The molecule has 0 aliphatic heterocycles. The molecule has 0 fully saturated rings. The minimum absolute atomic E-state index is 0. The van der Waals surface area contributed by atoms with E-state index in [1.165, 1.54) is 0 Å². The van der Waals surface area contributed by atoms with Crippen LogP contribution in [0, 0.1) is 6.42 Å². The van der Waals surface area contributed by atoms with Gasteiger partial charge in [-0.25, -0.2) is 0 Å². The van der Waals surface area contributed by atoms with Crippen molar-refractivity contribution in [3.05, 3.63) is 6.42 Å². The summed E-state index contributed by atoms with van der Waals surface area (Å²) in [7, 11) is 0. The molecule has 0 N–H and O–H groups in total. The number of ketones is 1. The van der Waals surface area contributed by atoms with Gasteiger partial charge in [-0.05, 0) is 6.92 Å². The minimum atomic E-state index is 0. The third-order valence-corrected chi connectivity index (χ3v) is 0.925. The maximum absolute atomic E-state index is 10.3. The fraction of sp³-hybridized carbons (Fsp3) is 0.714. The summed E-state index contributed by atoms with van der Waals surface area (Å²) in [6, 6.07) is 0. The predicted molar refractivity (Wildman–Crippen MR) is 34.5 cm³/mol. The second-order valence-corrected chi connectivity index (χ2v) is 1.98. The summed E-state index contributed by atoms with van der Waals surface area (Å²) in [6.45, 7) is 3.72. The van der Waals surface area contributed by atoms with E-state index in [9.17, 15) is 4.79 Å². The molecule has 0 heterocycles. The molecule has 0 rings (SSSR count). The molecule has 0 aliphatic carbocycles. The molecule has 0 unspecified atom stereocenters. The average Bonchev–Trinajstić information content (AvgIpc) is 1.66. The SMILES string of the molecule is CCC[CH-]CC(C)=O.[Y]. The van der Waals surface area contributed by atoms with Gasteiger partial charge in [0.2, 0.25) is 0 Å². The smallest absolute Gasteiger partial charge is 0.100 e. The number of Topliss-reactive ketones (excluding diaryl/α,β-unsaturated/α-hetero) is 1. The summed E-state index contributed by atoms with van der Waals surface area (Å²) < 4.78 is 0. The second-order valence-electron chi connectivity index (χ2n) is 1.98. The van der Waals surface area contributed by atoms with Gasteiger partial charge in [-0.3, -0.25) is 0 Å². The van der Waals surface area contributed by atoms with Crippen LogP contribution in [0.4, 0.5) is 0 Å². The first-order valence-electron chi connectivity index (χ1n) is 3.08. The van der Waals surface area contributed by atoms with Crippen LogP contribution >= 0.6 is 0 Å². The molecule has 0 aromatic heterocycles. The zero-order valence-electron chi connectivity index (χ0n) is 6.18. The predicted octanol–water partition coefficient (Wildman–Crippen LogP) is 1.97. The topological polar surface area (TPSA) is 17.1 Å². The van der Waals surface area contributed by atoms with E-state index in [1.807, 2.05) is 6.42 Å². The van der Waals surface area contributed by atoms with E-state index in [2.05, 4.69) is 6.92 Å². The van der Waals surface area contributed by atoms with Gasteiger partial charge in [-0.1, -0.05) is 13.3 Å². The molecule has 0 saturated heterocycles. The molecule has 51 valence electrons. The monoisotopic (exact) mass is 202 g/mol. The Morgan fingerprint density at radius 1 is 1.56 bits per heavy atom. The Morgan fingerprint density at radius 3 is 2.44 bits per heavy atom. The number of hydrogen-bond acceptors (Lipinski definition) is 1. The second kappa shape index (κ2) is 8.77. The maximum atomic E-state index is 10.3. The maximum Gasteiger partial charge on any atom is 0.100 e. The van der Waals surface area contributed by atoms with Crippen LogP contribution in [0.2, 0.25) is 0 Å². The summed E-state index contributed by atoms with van der Waals surface area (Å²) in [6.07, 6.45) is 4.89. The molecule has 1 nitrogen and oxygen atoms in total. The van der Waals surface area contributed by atoms with Crippen LogP contribution in [0.3, 0.4) is 0 Å². The number of carbonyl (C=O) groups is 1. The summed E-state index contributed by atoms with van der Waals surface area (Å²) in [5.74, 6) is 0.262. The van der Waals surface area contributed by atoms with E-state index in [-0.39, 0.29) is 38.5 Å². The van der Waals surface area contributed by atoms with Gasteiger partial charge in [-0.15, -0.1) is 6.42 Å². The molecule has 0 atom stereocenters. The number of carbonyl (C=O) groups excluding carboxylic acids is 1. The molecule has 1 radical (unpaired) electrons. The van der Waals surface area contributed by atoms with Crippen LogP contribution in [0.15, 0.2) is 0 Å². The van der Waals surface area contributed by atoms with Crippen LogP contribution in [0.25, 0.3) is 0 Å². The molecule has 0 saturated carbocycles. The van der Waals surface area contributed by atoms with Gasteiger partial charge in [0.05, 0.1) is 0 Å². The quantitative estimate of drug-likeness (QED) is 0.503. The normalized spacial score (nSPS) is 8.22. The number of unbranched alkanes of at least 4 members (excludes halogenated alkanes) is 2. The van der Waals surface area contributed by atoms with Crippen LogP contribution < -0.4 is 0 Å². The zero-order valence-corrected chi connectivity index (χ0v) is 9.02. The average molecular weight is 202 g/mol. The summed E-state index contributed by atoms with van der Waals surface area (Å²) in [4.78, 5) is 10.3. The molecule has 0 aromatic carbocycles. The molecule has 0 amide bonds. The molecular weight excluding hydrogens is 189 g/mol. The standard InChI is InChI=1S/C7H13O.Y/c1-3-4-5-6-7(2)8;/h5H,3-4,6H2,1-2H3;/q-1;. The number of rotatable bonds is 4. The molecule has 2 heteroatoms. The van der Waals surface area contributed by atoms with Gasteiger partial charge in [-0.2, -0.15) is 6.42 Å². The minimum Gasteiger partial charge on any atom is -0.321 e. The van der Waals surface area contributed by atoms with Crippen LogP contribution in [0.5, 0.6) is 0 Å². The largest absolute Gasteiger partial charge is 0.321 e. The van der Waals surface area contributed by atoms with Crippen molar-refractivity contribution in [1.82, 2.24) is 0 Å². The third kappa shape index (κ3) is 12.1. The Balaban J connectivity index is 0. The molecule has 0 aliphatic rings. The van der Waals surface area contributed by atoms with E-state index in [0.717, 1.165) is 12.8 Å². The Morgan fingerprint density at radius 2 is 2.11 bits per heavy atom. The van der Waals surface area contributed by atoms with E-state index < -0.39 is 0 Å². The van der Waals surface area contributed by atoms with Crippen molar-refractivity contribution in [2.75, 3.05) is 0 Å². The molecule has 0 spiro atoms. The fourth-order valence-electron chi connectivity index (χ4n) is 0.509. The van der Waals surface area contributed by atoms with Gasteiger partial charge in [0, 0.05) is 32.7 Å². The van der Waals surface area contributed by atoms with Gasteiger partial charge in [0.25, 0.3) is 0 Å². The van der Waals surface area contributed by atoms with E-state index in [0.29, 0.717) is 6.42 Å².